The molecule has 0 N–H and O–H groups in total. The van der Waals surface area contributed by atoms with Crippen molar-refractivity contribution in [1.29, 1.82) is 0 Å². The number of hydrogen-bond donors (Lipinski definition) is 0. The van der Waals surface area contributed by atoms with E-state index >= 15 is 0 Å². The maximum Gasteiger partial charge on any atom is 0.0876 e. The molecule has 0 aromatic heterocycles. The molecular weight excluding hydrogens is 185 g/mol. The van der Waals surface area contributed by atoms with Crippen molar-refractivity contribution in [2.75, 3.05) is 40.0 Å². The monoisotopic (exact) mass is 207 g/mol. The molecule has 0 aromatic carbocycles. The van der Waals surface area contributed by atoms with Gasteiger partial charge < -0.3 is 9.64 Å². The Balaban J connectivity index is 3.28. The van der Waals surface area contributed by atoms with Crippen molar-refractivity contribution < 1.29 is 14.2 Å². The zero-order valence-electron chi connectivity index (χ0n) is 9.30. The fourth-order valence-electron chi connectivity index (χ4n) is 1.35. The Labute approximate surface area is 86.1 Å². The minimum atomic E-state index is 0.218. The lowest BCUT2D eigenvalue weighted by atomic mass is 10.3. The highest BCUT2D eigenvalue weighted by molar-refractivity contribution is 4.55. The molecule has 0 aliphatic heterocycles. The molecule has 0 fully saturated rings. The Morgan fingerprint density at radius 1 is 1.07 bits per heavy atom. The van der Waals surface area contributed by atoms with Crippen LogP contribution in [0.25, 0.3) is 0 Å². The van der Waals surface area contributed by atoms with Gasteiger partial charge in [-0.1, -0.05) is 6.92 Å². The van der Waals surface area contributed by atoms with Crippen molar-refractivity contribution in [2.45, 2.75) is 26.2 Å². The fourth-order valence-corrected chi connectivity index (χ4v) is 1.35. The maximum absolute atomic E-state index is 11.3. The lowest BCUT2D eigenvalue weighted by molar-refractivity contribution is -0.133. The first kappa shape index (κ1) is 13.8. The summed E-state index contributed by atoms with van der Waals surface area (Å²) in [6.07, 6.45) is 2.84. The first-order valence-corrected chi connectivity index (χ1v) is 5.30. The fraction of sp³-hybridized carbons (Fsp3) is 1.00. The van der Waals surface area contributed by atoms with E-state index in [0.29, 0.717) is 0 Å². The third-order valence-electron chi connectivity index (χ3n) is 2.22. The lowest BCUT2D eigenvalue weighted by Gasteiger charge is -2.19. The first-order valence-electron chi connectivity index (χ1n) is 5.30. The summed E-state index contributed by atoms with van der Waals surface area (Å²) in [5, 5.41) is 0. The van der Waals surface area contributed by atoms with Crippen LogP contribution in [0.2, 0.25) is 0 Å². The molecule has 0 radical (unpaired) electrons. The SMILES string of the molecule is CCN(CCCCOF)CCCOC. The Kier molecular flexibility index (Phi) is 10.7. The van der Waals surface area contributed by atoms with Gasteiger partial charge in [-0.15, -0.1) is 0 Å². The average molecular weight is 207 g/mol. The Hall–Kier alpha value is -0.190. The van der Waals surface area contributed by atoms with E-state index in [-0.39, 0.29) is 6.61 Å². The van der Waals surface area contributed by atoms with E-state index in [4.69, 9.17) is 4.74 Å². The number of ether oxygens (including phenoxy) is 1. The second-order valence-electron chi connectivity index (χ2n) is 3.30. The van der Waals surface area contributed by atoms with Gasteiger partial charge in [0.15, 0.2) is 0 Å². The largest absolute Gasteiger partial charge is 0.385 e. The van der Waals surface area contributed by atoms with Gasteiger partial charge in [0.2, 0.25) is 0 Å². The van der Waals surface area contributed by atoms with E-state index < -0.39 is 0 Å². The number of hydrogen-bond acceptors (Lipinski definition) is 3. The molecule has 14 heavy (non-hydrogen) atoms. The van der Waals surface area contributed by atoms with Gasteiger partial charge in [-0.05, 0) is 36.9 Å². The molecule has 3 nitrogen and oxygen atoms in total. The van der Waals surface area contributed by atoms with Gasteiger partial charge >= 0.3 is 0 Å². The zero-order chi connectivity index (χ0) is 10.6. The van der Waals surface area contributed by atoms with Crippen molar-refractivity contribution >= 4 is 0 Å². The van der Waals surface area contributed by atoms with Gasteiger partial charge in [-0.2, -0.15) is 4.94 Å². The van der Waals surface area contributed by atoms with Gasteiger partial charge in [0.05, 0.1) is 6.61 Å². The van der Waals surface area contributed by atoms with Crippen LogP contribution in [0.3, 0.4) is 0 Å². The van der Waals surface area contributed by atoms with Gasteiger partial charge in [0.1, 0.15) is 0 Å². The number of nitrogens with zero attached hydrogens (tertiary/aromatic N) is 1. The van der Waals surface area contributed by atoms with Crippen molar-refractivity contribution in [3.8, 4) is 0 Å². The third kappa shape index (κ3) is 8.41. The summed E-state index contributed by atoms with van der Waals surface area (Å²) in [5.74, 6) is 0. The predicted molar refractivity (Wildman–Crippen MR) is 54.9 cm³/mol. The molecule has 0 aliphatic carbocycles. The van der Waals surface area contributed by atoms with Crippen LogP contribution in [0.4, 0.5) is 4.53 Å². The van der Waals surface area contributed by atoms with E-state index in [0.717, 1.165) is 45.5 Å². The third-order valence-corrected chi connectivity index (χ3v) is 2.22. The second kappa shape index (κ2) is 10.9. The molecule has 0 saturated carbocycles. The normalized spacial score (nSPS) is 11.1. The van der Waals surface area contributed by atoms with E-state index in [2.05, 4.69) is 16.8 Å². The average Bonchev–Trinajstić information content (AvgIpc) is 2.22. The summed E-state index contributed by atoms with van der Waals surface area (Å²) in [6, 6.07) is 0. The van der Waals surface area contributed by atoms with Crippen LogP contribution >= 0.6 is 0 Å². The highest BCUT2D eigenvalue weighted by atomic mass is 19.3. The Morgan fingerprint density at radius 2 is 1.79 bits per heavy atom. The molecule has 4 heteroatoms. The van der Waals surface area contributed by atoms with Gasteiger partial charge in [0.25, 0.3) is 0 Å². The molecule has 0 aromatic rings. The van der Waals surface area contributed by atoms with Crippen molar-refractivity contribution in [2.24, 2.45) is 0 Å². The molecule has 86 valence electrons. The van der Waals surface area contributed by atoms with Crippen LogP contribution in [-0.2, 0) is 9.68 Å². The van der Waals surface area contributed by atoms with Crippen LogP contribution in [0, 0.1) is 0 Å². The van der Waals surface area contributed by atoms with E-state index in [1.54, 1.807) is 7.11 Å². The highest BCUT2D eigenvalue weighted by Crippen LogP contribution is 1.97. The molecule has 0 heterocycles. The van der Waals surface area contributed by atoms with E-state index in [1.165, 1.54) is 0 Å². The number of methoxy groups -OCH3 is 1. The Morgan fingerprint density at radius 3 is 2.36 bits per heavy atom. The van der Waals surface area contributed by atoms with Gasteiger partial charge in [-0.3, -0.25) is 0 Å². The molecule has 0 unspecified atom stereocenters. The van der Waals surface area contributed by atoms with Crippen LogP contribution < -0.4 is 0 Å². The molecule has 0 bridgehead atoms. The minimum absolute atomic E-state index is 0.218. The lowest BCUT2D eigenvalue weighted by Crippen LogP contribution is -2.26. The minimum Gasteiger partial charge on any atom is -0.385 e. The summed E-state index contributed by atoms with van der Waals surface area (Å²) in [4.78, 5) is 5.86. The van der Waals surface area contributed by atoms with Crippen molar-refractivity contribution in [3.05, 3.63) is 0 Å². The topological polar surface area (TPSA) is 21.7 Å². The van der Waals surface area contributed by atoms with Gasteiger partial charge in [0, 0.05) is 20.3 Å². The quantitative estimate of drug-likeness (QED) is 0.512. The highest BCUT2D eigenvalue weighted by Gasteiger charge is 2.01. The Bertz CT molecular complexity index is 114. The smallest absolute Gasteiger partial charge is 0.0876 e. The standard InChI is InChI=1S/C10H22FNO2/c1-3-12(8-6-9-13-2)7-4-5-10-14-11/h3-10H2,1-2H3. The van der Waals surface area contributed by atoms with Crippen LogP contribution in [0.15, 0.2) is 0 Å². The molecule has 0 amide bonds. The molecule has 0 rings (SSSR count). The van der Waals surface area contributed by atoms with E-state index in [9.17, 15) is 4.53 Å². The number of unbranched alkanes of at least 4 members (excludes halogenated alkanes) is 1. The molecule has 0 atom stereocenters. The molecule has 0 saturated heterocycles. The summed E-state index contributed by atoms with van der Waals surface area (Å²) in [5.41, 5.74) is 0. The van der Waals surface area contributed by atoms with Crippen molar-refractivity contribution in [1.82, 2.24) is 4.90 Å². The van der Waals surface area contributed by atoms with Crippen LogP contribution in [0.1, 0.15) is 26.2 Å². The molecular formula is C10H22FNO2. The maximum atomic E-state index is 11.3. The second-order valence-corrected chi connectivity index (χ2v) is 3.30. The first-order chi connectivity index (χ1) is 6.85. The summed E-state index contributed by atoms with van der Waals surface area (Å²) >= 11 is 0. The molecule has 0 aliphatic rings. The summed E-state index contributed by atoms with van der Waals surface area (Å²) in [7, 11) is 1.72. The molecule has 0 spiro atoms. The van der Waals surface area contributed by atoms with Crippen LogP contribution in [-0.4, -0.2) is 44.9 Å². The number of rotatable bonds is 10. The predicted octanol–water partition coefficient (Wildman–Crippen LogP) is 2.03. The zero-order valence-corrected chi connectivity index (χ0v) is 9.30. The van der Waals surface area contributed by atoms with Crippen molar-refractivity contribution in [3.63, 3.8) is 0 Å². The number of halogens is 1. The summed E-state index contributed by atoms with van der Waals surface area (Å²) in [6.45, 7) is 6.28. The van der Waals surface area contributed by atoms with Gasteiger partial charge in [-0.25, -0.2) is 0 Å². The van der Waals surface area contributed by atoms with Crippen LogP contribution in [0.5, 0.6) is 0 Å². The van der Waals surface area contributed by atoms with E-state index in [1.807, 2.05) is 0 Å². The summed E-state index contributed by atoms with van der Waals surface area (Å²) < 4.78 is 16.3.